The summed E-state index contributed by atoms with van der Waals surface area (Å²) in [4.78, 5) is 23.5. The van der Waals surface area contributed by atoms with Crippen LogP contribution in [0.5, 0.6) is 11.5 Å². The van der Waals surface area contributed by atoms with Crippen molar-refractivity contribution in [1.82, 2.24) is 0 Å². The van der Waals surface area contributed by atoms with Crippen molar-refractivity contribution in [3.8, 4) is 22.6 Å². The second-order valence-corrected chi connectivity index (χ2v) is 12.1. The van der Waals surface area contributed by atoms with Crippen molar-refractivity contribution >= 4 is 27.6 Å². The van der Waals surface area contributed by atoms with Crippen molar-refractivity contribution in [3.63, 3.8) is 0 Å². The Hall–Kier alpha value is -4.33. The van der Waals surface area contributed by atoms with Crippen LogP contribution in [0.3, 0.4) is 0 Å². The van der Waals surface area contributed by atoms with E-state index in [0.717, 1.165) is 28.6 Å². The topological polar surface area (TPSA) is 130 Å². The van der Waals surface area contributed by atoms with Gasteiger partial charge in [0, 0.05) is 18.1 Å². The molecule has 0 fully saturated rings. The maximum Gasteiger partial charge on any atom is 0.416 e. The summed E-state index contributed by atoms with van der Waals surface area (Å²) >= 11 is 0. The Kier molecular flexibility index (Phi) is 7.89. The monoisotopic (exact) mass is 611 g/mol. The summed E-state index contributed by atoms with van der Waals surface area (Å²) in [5.74, 6) is -4.09. The molecule has 1 heterocycles. The first-order valence-corrected chi connectivity index (χ1v) is 13.7. The Balaban J connectivity index is 1.90. The van der Waals surface area contributed by atoms with Crippen LogP contribution in [0, 0.1) is 11.2 Å². The highest BCUT2D eigenvalue weighted by Gasteiger charge is 2.41. The van der Waals surface area contributed by atoms with E-state index in [2.05, 4.69) is 0 Å². The van der Waals surface area contributed by atoms with Crippen LogP contribution in [0.25, 0.3) is 11.1 Å². The van der Waals surface area contributed by atoms with Gasteiger partial charge >= 0.3 is 18.1 Å². The average Bonchev–Trinajstić information content (AvgIpc) is 2.90. The van der Waals surface area contributed by atoms with Gasteiger partial charge in [-0.15, -0.1) is 0 Å². The second kappa shape index (κ2) is 10.8. The fourth-order valence-electron chi connectivity index (χ4n) is 4.75. The van der Waals surface area contributed by atoms with E-state index >= 15 is 0 Å². The molecule has 9 nitrogen and oxygen atoms in total. The number of carbonyl (C=O) groups excluding carboxylic acids is 1. The van der Waals surface area contributed by atoms with Crippen LogP contribution in [0.4, 0.5) is 23.2 Å². The van der Waals surface area contributed by atoms with E-state index in [1.807, 2.05) is 0 Å². The number of nitrogens with zero attached hydrogens (tertiary/aromatic N) is 1. The number of aromatic hydroxyl groups is 1. The summed E-state index contributed by atoms with van der Waals surface area (Å²) in [7, 11) is -3.53. The molecule has 0 amide bonds. The minimum Gasteiger partial charge on any atom is -0.507 e. The second-order valence-electron chi connectivity index (χ2n) is 10.2. The van der Waals surface area contributed by atoms with E-state index < -0.39 is 73.8 Å². The fraction of sp³-hybridized carbons (Fsp3) is 0.286. The number of anilines is 1. The van der Waals surface area contributed by atoms with Crippen molar-refractivity contribution in [2.24, 2.45) is 5.41 Å². The molecule has 42 heavy (non-hydrogen) atoms. The minimum atomic E-state index is -4.83. The van der Waals surface area contributed by atoms with Crippen LogP contribution in [0.2, 0.25) is 0 Å². The summed E-state index contributed by atoms with van der Waals surface area (Å²) in [6.07, 6.45) is -5.84. The molecule has 0 saturated heterocycles. The van der Waals surface area contributed by atoms with Crippen molar-refractivity contribution in [3.05, 3.63) is 71.5 Å². The van der Waals surface area contributed by atoms with Gasteiger partial charge in [0.1, 0.15) is 29.0 Å². The first-order valence-electron chi connectivity index (χ1n) is 12.3. The molecular weight excluding hydrogens is 586 g/mol. The van der Waals surface area contributed by atoms with Crippen LogP contribution < -0.4 is 9.04 Å². The smallest absolute Gasteiger partial charge is 0.416 e. The van der Waals surface area contributed by atoms with Gasteiger partial charge in [-0.1, -0.05) is 12.1 Å². The van der Waals surface area contributed by atoms with Crippen LogP contribution >= 0.6 is 0 Å². The Bertz CT molecular complexity index is 1670. The van der Waals surface area contributed by atoms with E-state index in [-0.39, 0.29) is 29.0 Å². The largest absolute Gasteiger partial charge is 0.507 e. The highest BCUT2D eigenvalue weighted by molar-refractivity contribution is 7.92. The number of carbonyl (C=O) groups is 2. The SMILES string of the molecule is COC(=O)C(C)(C)C[C@H]1CN(S(=O)(=O)c2cccc(C(F)(F)F)c2)c2cc(-c3cc(F)cc(O)c3C(=O)O)ccc2O1. The number of benzene rings is 3. The van der Waals surface area contributed by atoms with E-state index in [4.69, 9.17) is 9.47 Å². The number of carboxylic acids is 1. The molecule has 0 unspecified atom stereocenters. The molecule has 3 aromatic carbocycles. The third-order valence-corrected chi connectivity index (χ3v) is 8.50. The number of alkyl halides is 3. The van der Waals surface area contributed by atoms with Crippen molar-refractivity contribution in [1.29, 1.82) is 0 Å². The number of esters is 1. The first kappa shape index (κ1) is 30.6. The number of phenols is 1. The van der Waals surface area contributed by atoms with Gasteiger partial charge in [-0.25, -0.2) is 17.6 Å². The summed E-state index contributed by atoms with van der Waals surface area (Å²) in [5.41, 5.74) is -3.49. The molecule has 0 spiro atoms. The lowest BCUT2D eigenvalue weighted by atomic mass is 9.86. The lowest BCUT2D eigenvalue weighted by Gasteiger charge is -2.38. The normalized spacial score (nSPS) is 15.5. The summed E-state index contributed by atoms with van der Waals surface area (Å²) < 4.78 is 93.9. The lowest BCUT2D eigenvalue weighted by molar-refractivity contribution is -0.152. The van der Waals surface area contributed by atoms with Crippen molar-refractivity contribution < 1.29 is 55.3 Å². The zero-order chi connectivity index (χ0) is 31.2. The molecular formula is C28H25F4NO8S. The lowest BCUT2D eigenvalue weighted by Crippen LogP contribution is -2.46. The Morgan fingerprint density at radius 3 is 2.40 bits per heavy atom. The summed E-state index contributed by atoms with van der Waals surface area (Å²) in [6.45, 7) is 2.66. The summed E-state index contributed by atoms with van der Waals surface area (Å²) in [5, 5.41) is 19.7. The molecule has 14 heteroatoms. The number of fused-ring (bicyclic) bond motifs is 1. The summed E-state index contributed by atoms with van der Waals surface area (Å²) in [6, 6.07) is 8.33. The molecule has 224 valence electrons. The molecule has 4 rings (SSSR count). The van der Waals surface area contributed by atoms with E-state index in [1.165, 1.54) is 25.3 Å². The van der Waals surface area contributed by atoms with E-state index in [0.29, 0.717) is 12.1 Å². The van der Waals surface area contributed by atoms with E-state index in [1.54, 1.807) is 13.8 Å². The number of sulfonamides is 1. The van der Waals surface area contributed by atoms with Crippen molar-refractivity contribution in [2.45, 2.75) is 37.4 Å². The van der Waals surface area contributed by atoms with Gasteiger partial charge in [0.05, 0.1) is 35.2 Å². The predicted molar refractivity (Wildman–Crippen MR) is 141 cm³/mol. The predicted octanol–water partition coefficient (Wildman–Crippen LogP) is 5.46. The first-order chi connectivity index (χ1) is 19.5. The van der Waals surface area contributed by atoms with Gasteiger partial charge < -0.3 is 19.7 Å². The third-order valence-electron chi connectivity index (χ3n) is 6.72. The Morgan fingerprint density at radius 2 is 1.79 bits per heavy atom. The maximum atomic E-state index is 14.2. The number of halogens is 4. The van der Waals surface area contributed by atoms with Gasteiger partial charge in [0.15, 0.2) is 0 Å². The molecule has 0 aliphatic carbocycles. The number of carboxylic acid groups (broad SMARTS) is 1. The Morgan fingerprint density at radius 1 is 1.10 bits per heavy atom. The Labute approximate surface area is 238 Å². The van der Waals surface area contributed by atoms with Crippen LogP contribution in [-0.4, -0.2) is 50.3 Å². The number of ether oxygens (including phenoxy) is 2. The van der Waals surface area contributed by atoms with Crippen molar-refractivity contribution in [2.75, 3.05) is 18.0 Å². The number of hydrogen-bond donors (Lipinski definition) is 2. The zero-order valence-electron chi connectivity index (χ0n) is 22.4. The zero-order valence-corrected chi connectivity index (χ0v) is 23.2. The van der Waals surface area contributed by atoms with E-state index in [9.17, 15) is 45.8 Å². The highest BCUT2D eigenvalue weighted by Crippen LogP contribution is 2.43. The van der Waals surface area contributed by atoms with Gasteiger partial charge in [0.25, 0.3) is 10.0 Å². The maximum absolute atomic E-state index is 14.2. The molecule has 0 saturated carbocycles. The molecule has 3 aromatic rings. The standard InChI is InChI=1S/C28H25F4NO8S/c1-27(2,26(37)40-3)13-18-14-33(42(38,39)19-6-4-5-16(10-19)28(30,31)32)21-9-15(7-8-23(21)41-18)20-11-17(29)12-22(34)24(20)25(35)36/h4-12,18,34H,13-14H2,1-3H3,(H,35,36)/t18-/m0/s1. The number of rotatable bonds is 7. The third kappa shape index (κ3) is 5.84. The van der Waals surface area contributed by atoms with Gasteiger partial charge in [0.2, 0.25) is 0 Å². The molecule has 1 atom stereocenters. The number of aromatic carboxylic acids is 1. The average molecular weight is 612 g/mol. The minimum absolute atomic E-state index is 0.0258. The van der Waals surface area contributed by atoms with Gasteiger partial charge in [-0.05, 0) is 55.8 Å². The number of methoxy groups -OCH3 is 1. The quantitative estimate of drug-likeness (QED) is 0.266. The molecule has 0 bridgehead atoms. The van der Waals surface area contributed by atoms with Crippen LogP contribution in [0.1, 0.15) is 36.2 Å². The van der Waals surface area contributed by atoms with Crippen LogP contribution in [-0.2, 0) is 25.7 Å². The fourth-order valence-corrected chi connectivity index (χ4v) is 6.29. The molecule has 0 radical (unpaired) electrons. The van der Waals surface area contributed by atoms with Gasteiger partial charge in [-0.3, -0.25) is 9.10 Å². The van der Waals surface area contributed by atoms with Gasteiger partial charge in [-0.2, -0.15) is 13.2 Å². The molecule has 1 aliphatic heterocycles. The molecule has 0 aromatic heterocycles. The molecule has 2 N–H and O–H groups in total. The van der Waals surface area contributed by atoms with Crippen LogP contribution in [0.15, 0.2) is 59.5 Å². The highest BCUT2D eigenvalue weighted by atomic mass is 32.2. The molecule has 1 aliphatic rings. The number of hydrogen-bond acceptors (Lipinski definition) is 7.